The largest absolute Gasteiger partial charge is 0.349 e. The van der Waals surface area contributed by atoms with Crippen LogP contribution >= 0.6 is 12.2 Å². The third kappa shape index (κ3) is 4.93. The molecule has 0 aliphatic carbocycles. The van der Waals surface area contributed by atoms with Crippen molar-refractivity contribution in [3.63, 3.8) is 0 Å². The Bertz CT molecular complexity index is 956. The summed E-state index contributed by atoms with van der Waals surface area (Å²) in [4.78, 5) is 11.4. The predicted octanol–water partition coefficient (Wildman–Crippen LogP) is 1.22. The highest BCUT2D eigenvalue weighted by Gasteiger charge is 2.16. The van der Waals surface area contributed by atoms with Crippen LogP contribution in [0.1, 0.15) is 19.2 Å². The number of halogens is 2. The second-order valence-corrected chi connectivity index (χ2v) is 7.34. The summed E-state index contributed by atoms with van der Waals surface area (Å²) >= 11 is 5.03. The molecule has 0 saturated heterocycles. The number of aromatic amines is 1. The van der Waals surface area contributed by atoms with Crippen LogP contribution < -0.4 is 10.0 Å². The van der Waals surface area contributed by atoms with Crippen LogP contribution in [0.15, 0.2) is 23.1 Å². The van der Waals surface area contributed by atoms with Gasteiger partial charge in [-0.3, -0.25) is 9.89 Å². The van der Waals surface area contributed by atoms with Gasteiger partial charge in [0.25, 0.3) is 0 Å². The van der Waals surface area contributed by atoms with Crippen LogP contribution in [-0.2, 0) is 27.9 Å². The zero-order chi connectivity index (χ0) is 19.3. The van der Waals surface area contributed by atoms with Gasteiger partial charge in [0.05, 0.1) is 11.4 Å². The summed E-state index contributed by atoms with van der Waals surface area (Å²) in [6, 6.07) is 2.23. The summed E-state index contributed by atoms with van der Waals surface area (Å²) < 4.78 is 54.3. The molecule has 2 aromatic rings. The molecule has 12 heteroatoms. The second-order valence-electron chi connectivity index (χ2n) is 5.19. The number of hydrogen-bond acceptors (Lipinski definition) is 5. The number of amides is 1. The maximum absolute atomic E-state index is 13.1. The highest BCUT2D eigenvalue weighted by molar-refractivity contribution is 7.89. The van der Waals surface area contributed by atoms with E-state index in [1.807, 2.05) is 6.92 Å². The number of rotatable bonds is 8. The first-order valence-electron chi connectivity index (χ1n) is 7.60. The van der Waals surface area contributed by atoms with Gasteiger partial charge in [-0.15, -0.1) is 0 Å². The summed E-state index contributed by atoms with van der Waals surface area (Å²) in [5.74, 6) is -2.27. The molecule has 142 valence electrons. The molecule has 0 atom stereocenters. The molecule has 0 radical (unpaired) electrons. The lowest BCUT2D eigenvalue weighted by atomic mass is 10.3. The van der Waals surface area contributed by atoms with Gasteiger partial charge < -0.3 is 9.88 Å². The Morgan fingerprint density at radius 1 is 1.35 bits per heavy atom. The Morgan fingerprint density at radius 3 is 2.73 bits per heavy atom. The van der Waals surface area contributed by atoms with Gasteiger partial charge in [0.1, 0.15) is 0 Å². The summed E-state index contributed by atoms with van der Waals surface area (Å²) in [6.07, 6.45) is -0.139. The molecule has 8 nitrogen and oxygen atoms in total. The number of nitrogens with one attached hydrogen (secondary N) is 3. The van der Waals surface area contributed by atoms with Gasteiger partial charge in [-0.2, -0.15) is 5.10 Å². The van der Waals surface area contributed by atoms with Crippen molar-refractivity contribution in [2.45, 2.75) is 31.3 Å². The van der Waals surface area contributed by atoms with E-state index in [-0.39, 0.29) is 19.5 Å². The number of aromatic nitrogens is 3. The molecule has 0 spiro atoms. The number of benzene rings is 1. The lowest BCUT2D eigenvalue weighted by Crippen LogP contribution is -2.31. The highest BCUT2D eigenvalue weighted by atomic mass is 32.2. The topological polar surface area (TPSA) is 109 Å². The van der Waals surface area contributed by atoms with E-state index in [0.717, 1.165) is 12.1 Å². The highest BCUT2D eigenvalue weighted by Crippen LogP contribution is 2.13. The maximum Gasteiger partial charge on any atom is 0.240 e. The van der Waals surface area contributed by atoms with E-state index >= 15 is 0 Å². The van der Waals surface area contributed by atoms with Gasteiger partial charge in [0.2, 0.25) is 15.9 Å². The molecule has 0 saturated carbocycles. The number of sulfonamides is 1. The fourth-order valence-electron chi connectivity index (χ4n) is 2.10. The monoisotopic (exact) mass is 405 g/mol. The first kappa shape index (κ1) is 20.1. The molecule has 0 unspecified atom stereocenters. The van der Waals surface area contributed by atoms with Crippen molar-refractivity contribution in [3.05, 3.63) is 40.4 Å². The number of carbonyl (C=O) groups excluding carboxylic acids is 1. The average molecular weight is 405 g/mol. The van der Waals surface area contributed by atoms with Crippen molar-refractivity contribution in [2.24, 2.45) is 0 Å². The first-order chi connectivity index (χ1) is 12.2. The number of H-pyrrole nitrogens is 1. The van der Waals surface area contributed by atoms with Crippen LogP contribution in [0, 0.1) is 16.4 Å². The molecule has 1 amide bonds. The third-order valence-electron chi connectivity index (χ3n) is 3.44. The molecule has 3 N–H and O–H groups in total. The Balaban J connectivity index is 1.85. The normalized spacial score (nSPS) is 11.5. The maximum atomic E-state index is 13.1. The van der Waals surface area contributed by atoms with E-state index in [9.17, 15) is 22.0 Å². The molecular weight excluding hydrogens is 388 g/mol. The Labute approximate surface area is 153 Å². The number of carbonyl (C=O) groups is 1. The van der Waals surface area contributed by atoms with Crippen molar-refractivity contribution in [1.82, 2.24) is 24.8 Å². The van der Waals surface area contributed by atoms with E-state index < -0.39 is 32.5 Å². The van der Waals surface area contributed by atoms with Crippen molar-refractivity contribution in [3.8, 4) is 0 Å². The molecule has 1 aromatic carbocycles. The molecule has 1 aromatic heterocycles. The second kappa shape index (κ2) is 8.47. The van der Waals surface area contributed by atoms with E-state index in [1.54, 1.807) is 4.57 Å². The Kier molecular flexibility index (Phi) is 6.56. The van der Waals surface area contributed by atoms with Crippen molar-refractivity contribution in [1.29, 1.82) is 0 Å². The lowest BCUT2D eigenvalue weighted by molar-refractivity contribution is -0.121. The van der Waals surface area contributed by atoms with Gasteiger partial charge >= 0.3 is 0 Å². The van der Waals surface area contributed by atoms with Crippen LogP contribution in [0.3, 0.4) is 0 Å². The third-order valence-corrected chi connectivity index (χ3v) is 5.21. The van der Waals surface area contributed by atoms with Crippen molar-refractivity contribution >= 4 is 28.1 Å². The number of nitrogens with zero attached hydrogens (tertiary/aromatic N) is 2. The SMILES string of the molecule is CCn1c(CNC(=O)CCNS(=O)(=O)c2ccc(F)c(F)c2)n[nH]c1=S. The standard InChI is InChI=1S/C14H17F2N5O3S2/c1-2-21-12(19-20-14(21)25)8-17-13(22)5-6-18-26(23,24)9-3-4-10(15)11(16)7-9/h3-4,7,18H,2,5-6,8H2,1H3,(H,17,22)(H,20,25). The summed E-state index contributed by atoms with van der Waals surface area (Å²) in [6.45, 7) is 2.40. The van der Waals surface area contributed by atoms with Gasteiger partial charge in [-0.25, -0.2) is 21.9 Å². The molecular formula is C14H17F2N5O3S2. The molecule has 1 heterocycles. The zero-order valence-corrected chi connectivity index (χ0v) is 15.4. The Hall–Kier alpha value is -2.18. The minimum atomic E-state index is -4.04. The van der Waals surface area contributed by atoms with Crippen LogP contribution in [0.5, 0.6) is 0 Å². The zero-order valence-electron chi connectivity index (χ0n) is 13.8. The average Bonchev–Trinajstić information content (AvgIpc) is 2.95. The van der Waals surface area contributed by atoms with Gasteiger partial charge in [0.15, 0.2) is 22.2 Å². The van der Waals surface area contributed by atoms with Crippen LogP contribution in [0.4, 0.5) is 8.78 Å². The quantitative estimate of drug-likeness (QED) is 0.573. The Morgan fingerprint density at radius 2 is 2.08 bits per heavy atom. The van der Waals surface area contributed by atoms with Crippen LogP contribution in [-0.4, -0.2) is 35.6 Å². The lowest BCUT2D eigenvalue weighted by Gasteiger charge is -2.08. The van der Waals surface area contributed by atoms with E-state index in [0.29, 0.717) is 23.2 Å². The predicted molar refractivity (Wildman–Crippen MR) is 91.1 cm³/mol. The first-order valence-corrected chi connectivity index (χ1v) is 9.49. The van der Waals surface area contributed by atoms with E-state index in [1.165, 1.54) is 0 Å². The summed E-state index contributed by atoms with van der Waals surface area (Å²) in [7, 11) is -4.04. The molecule has 0 fully saturated rings. The fraction of sp³-hybridized carbons (Fsp3) is 0.357. The molecule has 0 aliphatic rings. The van der Waals surface area contributed by atoms with Crippen molar-refractivity contribution in [2.75, 3.05) is 6.54 Å². The summed E-state index contributed by atoms with van der Waals surface area (Å²) in [5.41, 5.74) is 0. The van der Waals surface area contributed by atoms with E-state index in [4.69, 9.17) is 12.2 Å². The van der Waals surface area contributed by atoms with Crippen LogP contribution in [0.25, 0.3) is 0 Å². The minimum absolute atomic E-state index is 0.135. The van der Waals surface area contributed by atoms with Gasteiger partial charge in [-0.1, -0.05) is 0 Å². The molecule has 2 rings (SSSR count). The van der Waals surface area contributed by atoms with Gasteiger partial charge in [-0.05, 0) is 37.3 Å². The molecule has 0 bridgehead atoms. The molecule has 0 aliphatic heterocycles. The van der Waals surface area contributed by atoms with Crippen molar-refractivity contribution < 1.29 is 22.0 Å². The van der Waals surface area contributed by atoms with Crippen LogP contribution in [0.2, 0.25) is 0 Å². The fourth-order valence-corrected chi connectivity index (χ4v) is 3.43. The minimum Gasteiger partial charge on any atom is -0.349 e. The summed E-state index contributed by atoms with van der Waals surface area (Å²) in [5, 5.41) is 9.20. The molecule has 26 heavy (non-hydrogen) atoms. The number of hydrogen-bond donors (Lipinski definition) is 3. The van der Waals surface area contributed by atoms with E-state index in [2.05, 4.69) is 20.2 Å². The smallest absolute Gasteiger partial charge is 0.240 e. The van der Waals surface area contributed by atoms with Gasteiger partial charge in [0, 0.05) is 19.5 Å².